The van der Waals surface area contributed by atoms with Crippen molar-refractivity contribution in [2.75, 3.05) is 25.5 Å². The third-order valence-corrected chi connectivity index (χ3v) is 5.91. The summed E-state index contributed by atoms with van der Waals surface area (Å²) < 4.78 is 0.956. The monoisotopic (exact) mass is 558 g/mol. The summed E-state index contributed by atoms with van der Waals surface area (Å²) in [4.78, 5) is 35.7. The highest BCUT2D eigenvalue weighted by molar-refractivity contribution is 14.1. The van der Waals surface area contributed by atoms with Crippen LogP contribution < -0.4 is 10.6 Å². The maximum Gasteiger partial charge on any atom is 0.260 e. The van der Waals surface area contributed by atoms with E-state index in [1.54, 1.807) is 50.5 Å². The summed E-state index contributed by atoms with van der Waals surface area (Å²) in [5, 5.41) is 13.9. The number of nitrogens with zero attached hydrogens (tertiary/aromatic N) is 3. The Labute approximate surface area is 207 Å². The minimum Gasteiger partial charge on any atom is -0.357 e. The van der Waals surface area contributed by atoms with Crippen molar-refractivity contribution in [1.29, 1.82) is 5.41 Å². The molecule has 1 aromatic heterocycles. The quantitative estimate of drug-likeness (QED) is 0.217. The van der Waals surface area contributed by atoms with E-state index in [4.69, 9.17) is 5.41 Å². The maximum absolute atomic E-state index is 12.8. The molecule has 1 aromatic carbocycles. The normalized spacial score (nSPS) is 14.6. The molecule has 1 aliphatic rings. The topological polar surface area (TPSA) is 111 Å². The number of aromatic nitrogens is 1. The smallest absolute Gasteiger partial charge is 0.260 e. The van der Waals surface area contributed by atoms with Crippen molar-refractivity contribution >= 4 is 52.3 Å². The second-order valence-corrected chi connectivity index (χ2v) is 8.92. The number of benzene rings is 1. The number of anilines is 1. The lowest BCUT2D eigenvalue weighted by molar-refractivity contribution is -0.112. The summed E-state index contributed by atoms with van der Waals surface area (Å²) in [6, 6.07) is 10.5. The zero-order valence-electron chi connectivity index (χ0n) is 18.7. The summed E-state index contributed by atoms with van der Waals surface area (Å²) in [5.41, 5.74) is 1.83. The number of allylic oxidation sites excluding steroid dienone is 1. The summed E-state index contributed by atoms with van der Waals surface area (Å²) in [7, 11) is 1.56. The molecule has 0 saturated carbocycles. The van der Waals surface area contributed by atoms with Gasteiger partial charge in [0.25, 0.3) is 11.8 Å². The van der Waals surface area contributed by atoms with Crippen LogP contribution in [0.25, 0.3) is 0 Å². The van der Waals surface area contributed by atoms with Crippen LogP contribution in [-0.2, 0) is 4.79 Å². The van der Waals surface area contributed by atoms with Gasteiger partial charge < -0.3 is 15.5 Å². The molecule has 9 heteroatoms. The Morgan fingerprint density at radius 3 is 2.36 bits per heavy atom. The SMILES string of the molecule is CN=C/C(C(=O)Nc1ccc(I)cn1)=C(\C)NC(=O)c1ccc(C(=N)N2CCCCC2)cc1. The van der Waals surface area contributed by atoms with Gasteiger partial charge >= 0.3 is 0 Å². The molecule has 0 unspecified atom stereocenters. The molecule has 33 heavy (non-hydrogen) atoms. The first-order valence-corrected chi connectivity index (χ1v) is 11.8. The fourth-order valence-corrected chi connectivity index (χ4v) is 3.80. The first kappa shape index (κ1) is 24.6. The van der Waals surface area contributed by atoms with E-state index in [1.165, 1.54) is 12.6 Å². The number of piperidine rings is 1. The molecule has 1 fully saturated rings. The number of amidine groups is 1. The van der Waals surface area contributed by atoms with Crippen molar-refractivity contribution in [1.82, 2.24) is 15.2 Å². The Hall–Kier alpha value is -3.08. The molecule has 0 bridgehead atoms. The number of nitrogens with one attached hydrogen (secondary N) is 3. The van der Waals surface area contributed by atoms with Gasteiger partial charge in [-0.05, 0) is 73.0 Å². The molecule has 172 valence electrons. The fourth-order valence-electron chi connectivity index (χ4n) is 3.48. The van der Waals surface area contributed by atoms with Crippen LogP contribution in [0.1, 0.15) is 42.1 Å². The van der Waals surface area contributed by atoms with Gasteiger partial charge in [-0.1, -0.05) is 12.1 Å². The minimum atomic E-state index is -0.419. The number of halogens is 1. The molecule has 1 saturated heterocycles. The lowest BCUT2D eigenvalue weighted by Gasteiger charge is -2.29. The van der Waals surface area contributed by atoms with Gasteiger partial charge in [0.05, 0.1) is 5.57 Å². The van der Waals surface area contributed by atoms with E-state index in [0.29, 0.717) is 22.9 Å². The number of likely N-dealkylation sites (tertiary alicyclic amines) is 1. The predicted octanol–water partition coefficient (Wildman–Crippen LogP) is 3.84. The molecule has 1 aliphatic heterocycles. The lowest BCUT2D eigenvalue weighted by atomic mass is 10.1. The number of aliphatic imine (C=N–C) groups is 1. The van der Waals surface area contributed by atoms with Crippen LogP contribution in [0, 0.1) is 8.98 Å². The van der Waals surface area contributed by atoms with Crippen LogP contribution in [0.4, 0.5) is 5.82 Å². The van der Waals surface area contributed by atoms with Gasteiger partial charge in [-0.2, -0.15) is 0 Å². The fraction of sp³-hybridized carbons (Fsp3) is 0.292. The molecule has 3 N–H and O–H groups in total. The van der Waals surface area contributed by atoms with Crippen molar-refractivity contribution in [2.24, 2.45) is 4.99 Å². The van der Waals surface area contributed by atoms with E-state index in [1.807, 2.05) is 6.07 Å². The zero-order chi connectivity index (χ0) is 23.8. The summed E-state index contributed by atoms with van der Waals surface area (Å²) in [5.74, 6) is 0.136. The molecule has 2 heterocycles. The highest BCUT2D eigenvalue weighted by Crippen LogP contribution is 2.15. The average molecular weight is 558 g/mol. The van der Waals surface area contributed by atoms with Crippen molar-refractivity contribution < 1.29 is 9.59 Å². The molecule has 0 spiro atoms. The van der Waals surface area contributed by atoms with E-state index < -0.39 is 5.91 Å². The zero-order valence-corrected chi connectivity index (χ0v) is 20.8. The number of carbonyl (C=O) groups excluding carboxylic acids is 2. The van der Waals surface area contributed by atoms with Crippen molar-refractivity contribution in [3.05, 3.63) is 68.6 Å². The third kappa shape index (κ3) is 6.70. The molecular formula is C24H27IN6O2. The molecule has 2 amide bonds. The van der Waals surface area contributed by atoms with Crippen LogP contribution in [0.15, 0.2) is 58.9 Å². The van der Waals surface area contributed by atoms with Crippen LogP contribution in [0.5, 0.6) is 0 Å². The number of hydrogen-bond donors (Lipinski definition) is 3. The van der Waals surface area contributed by atoms with Crippen molar-refractivity contribution in [3.8, 4) is 0 Å². The van der Waals surface area contributed by atoms with E-state index >= 15 is 0 Å². The molecular weight excluding hydrogens is 531 g/mol. The van der Waals surface area contributed by atoms with Gasteiger partial charge in [-0.15, -0.1) is 0 Å². The Balaban J connectivity index is 1.70. The van der Waals surface area contributed by atoms with E-state index in [2.05, 4.69) is 48.1 Å². The Morgan fingerprint density at radius 1 is 1.09 bits per heavy atom. The number of hydrogen-bond acceptors (Lipinski definition) is 5. The maximum atomic E-state index is 12.8. The Bertz CT molecular complexity index is 1070. The van der Waals surface area contributed by atoms with Gasteiger partial charge in [-0.25, -0.2) is 4.98 Å². The number of rotatable bonds is 6. The number of pyridine rings is 1. The van der Waals surface area contributed by atoms with Crippen LogP contribution in [0.2, 0.25) is 0 Å². The van der Waals surface area contributed by atoms with Crippen LogP contribution in [0.3, 0.4) is 0 Å². The number of amides is 2. The molecule has 0 aliphatic carbocycles. The van der Waals surface area contributed by atoms with Gasteiger partial charge in [0.15, 0.2) is 0 Å². The van der Waals surface area contributed by atoms with Gasteiger partial charge in [0.1, 0.15) is 11.7 Å². The molecule has 0 atom stereocenters. The molecule has 2 aromatic rings. The molecule has 8 nitrogen and oxygen atoms in total. The summed E-state index contributed by atoms with van der Waals surface area (Å²) >= 11 is 2.14. The van der Waals surface area contributed by atoms with Crippen molar-refractivity contribution in [3.63, 3.8) is 0 Å². The largest absolute Gasteiger partial charge is 0.357 e. The van der Waals surface area contributed by atoms with Gasteiger partial charge in [0.2, 0.25) is 0 Å². The van der Waals surface area contributed by atoms with Crippen LogP contribution >= 0.6 is 22.6 Å². The standard InChI is InChI=1S/C24H27IN6O2/c1-16(20(15-27-2)24(33)30-21-11-10-19(25)14-28-21)29-23(32)18-8-6-17(7-9-18)22(26)31-12-4-3-5-13-31/h6-11,14-15,26H,3-5,12-13H2,1-2H3,(H,29,32)(H,28,30,33)/b20-16-,26-22?,27-15?. The van der Waals surface area contributed by atoms with E-state index in [0.717, 1.165) is 35.1 Å². The summed E-state index contributed by atoms with van der Waals surface area (Å²) in [6.45, 7) is 3.44. The van der Waals surface area contributed by atoms with Gasteiger partial charge in [-0.3, -0.25) is 20.0 Å². The predicted molar refractivity (Wildman–Crippen MR) is 139 cm³/mol. The van der Waals surface area contributed by atoms with E-state index in [9.17, 15) is 9.59 Å². The highest BCUT2D eigenvalue weighted by atomic mass is 127. The minimum absolute atomic E-state index is 0.231. The second-order valence-electron chi connectivity index (χ2n) is 7.67. The van der Waals surface area contributed by atoms with Gasteiger partial charge in [0, 0.05) is 52.9 Å². The molecule has 3 rings (SSSR count). The van der Waals surface area contributed by atoms with Crippen LogP contribution in [-0.4, -0.2) is 53.9 Å². The first-order valence-electron chi connectivity index (χ1n) is 10.7. The van der Waals surface area contributed by atoms with Crippen molar-refractivity contribution in [2.45, 2.75) is 26.2 Å². The summed E-state index contributed by atoms with van der Waals surface area (Å²) in [6.07, 6.45) is 6.47. The molecule has 0 radical (unpaired) electrons. The lowest BCUT2D eigenvalue weighted by Crippen LogP contribution is -2.35. The average Bonchev–Trinajstić information content (AvgIpc) is 2.84. The van der Waals surface area contributed by atoms with E-state index in [-0.39, 0.29) is 11.5 Å². The Morgan fingerprint density at radius 2 is 1.76 bits per heavy atom. The second kappa shape index (κ2) is 11.7. The number of carbonyl (C=O) groups is 2. The third-order valence-electron chi connectivity index (χ3n) is 5.27. The highest BCUT2D eigenvalue weighted by Gasteiger charge is 2.17. The Kier molecular flexibility index (Phi) is 8.70. The first-order chi connectivity index (χ1) is 15.9.